The molecular formula is C19H14Cl2N8. The summed E-state index contributed by atoms with van der Waals surface area (Å²) in [7, 11) is 0. The average Bonchev–Trinajstić information content (AvgIpc) is 3.13. The number of rotatable bonds is 6. The van der Waals surface area contributed by atoms with Gasteiger partial charge in [0.05, 0.1) is 12.4 Å². The van der Waals surface area contributed by atoms with Crippen molar-refractivity contribution in [3.05, 3.63) is 81.8 Å². The molecule has 2 aromatic carbocycles. The predicted molar refractivity (Wildman–Crippen MR) is 116 cm³/mol. The van der Waals surface area contributed by atoms with Crippen molar-refractivity contribution in [1.29, 1.82) is 0 Å². The molecule has 2 heterocycles. The number of anilines is 2. The average molecular weight is 425 g/mol. The maximum absolute atomic E-state index is 5.87. The second kappa shape index (κ2) is 8.68. The Kier molecular flexibility index (Phi) is 5.64. The van der Waals surface area contributed by atoms with Crippen LogP contribution in [0.4, 0.5) is 11.8 Å². The van der Waals surface area contributed by atoms with Gasteiger partial charge in [0.2, 0.25) is 0 Å². The van der Waals surface area contributed by atoms with Gasteiger partial charge in [-0.15, -0.1) is 15.3 Å². The molecule has 0 aliphatic rings. The molecule has 0 saturated heterocycles. The summed E-state index contributed by atoms with van der Waals surface area (Å²) in [6.45, 7) is 0. The van der Waals surface area contributed by atoms with Gasteiger partial charge in [0.1, 0.15) is 0 Å². The molecular weight excluding hydrogens is 411 g/mol. The number of hydrogen-bond acceptors (Lipinski definition) is 7. The highest BCUT2D eigenvalue weighted by atomic mass is 35.5. The van der Waals surface area contributed by atoms with Crippen LogP contribution in [-0.2, 0) is 0 Å². The molecule has 0 fully saturated rings. The Labute approximate surface area is 175 Å². The van der Waals surface area contributed by atoms with Crippen LogP contribution in [0, 0.1) is 0 Å². The van der Waals surface area contributed by atoms with Gasteiger partial charge >= 0.3 is 0 Å². The van der Waals surface area contributed by atoms with Gasteiger partial charge in [-0.05, 0) is 47.5 Å². The Morgan fingerprint density at radius 2 is 1.31 bits per heavy atom. The predicted octanol–water partition coefficient (Wildman–Crippen LogP) is 4.32. The van der Waals surface area contributed by atoms with Crippen LogP contribution in [0.25, 0.3) is 5.65 Å². The van der Waals surface area contributed by atoms with E-state index in [9.17, 15) is 0 Å². The number of hydrogen-bond donors (Lipinski definition) is 2. The van der Waals surface area contributed by atoms with Crippen LogP contribution in [0.1, 0.15) is 11.1 Å². The minimum atomic E-state index is 0.371. The number of halogens is 2. The molecule has 4 aromatic rings. The highest BCUT2D eigenvalue weighted by molar-refractivity contribution is 6.30. The van der Waals surface area contributed by atoms with Gasteiger partial charge in [-0.1, -0.05) is 47.5 Å². The van der Waals surface area contributed by atoms with Gasteiger partial charge in [0.25, 0.3) is 5.95 Å². The molecule has 0 saturated carbocycles. The van der Waals surface area contributed by atoms with Gasteiger partial charge in [0.15, 0.2) is 11.5 Å². The van der Waals surface area contributed by atoms with Crippen molar-refractivity contribution in [3.8, 4) is 0 Å². The van der Waals surface area contributed by atoms with E-state index in [2.05, 4.69) is 36.4 Å². The topological polar surface area (TPSA) is 91.9 Å². The van der Waals surface area contributed by atoms with Crippen LogP contribution in [0.15, 0.2) is 70.9 Å². The first-order chi connectivity index (χ1) is 14.2. The van der Waals surface area contributed by atoms with Crippen LogP contribution in [0.2, 0.25) is 10.0 Å². The van der Waals surface area contributed by atoms with Crippen LogP contribution in [0.3, 0.4) is 0 Å². The SMILES string of the molecule is Clc1ccc(/C=N/Nc2ccc3nnc(N/N=C/c4ccc(Cl)cc4)n3n2)cc1. The molecule has 0 amide bonds. The summed E-state index contributed by atoms with van der Waals surface area (Å²) in [6.07, 6.45) is 3.32. The lowest BCUT2D eigenvalue weighted by atomic mass is 10.2. The van der Waals surface area contributed by atoms with E-state index in [1.807, 2.05) is 24.3 Å². The molecule has 0 bridgehead atoms. The summed E-state index contributed by atoms with van der Waals surface area (Å²) in [5.41, 5.74) is 8.07. The molecule has 0 radical (unpaired) electrons. The summed E-state index contributed by atoms with van der Waals surface area (Å²) >= 11 is 11.7. The lowest BCUT2D eigenvalue weighted by Crippen LogP contribution is -2.02. The number of nitrogens with one attached hydrogen (secondary N) is 2. The molecule has 2 N–H and O–H groups in total. The second-order valence-corrected chi connectivity index (χ2v) is 6.73. The summed E-state index contributed by atoms with van der Waals surface area (Å²) in [5, 5.41) is 22.2. The molecule has 29 heavy (non-hydrogen) atoms. The monoisotopic (exact) mass is 424 g/mol. The minimum absolute atomic E-state index is 0.371. The van der Waals surface area contributed by atoms with Crippen LogP contribution in [0.5, 0.6) is 0 Å². The summed E-state index contributed by atoms with van der Waals surface area (Å²) in [5.74, 6) is 0.891. The lowest BCUT2D eigenvalue weighted by Gasteiger charge is -2.02. The maximum Gasteiger partial charge on any atom is 0.266 e. The smallest absolute Gasteiger partial charge is 0.260 e. The maximum atomic E-state index is 5.87. The largest absolute Gasteiger partial charge is 0.266 e. The fourth-order valence-electron chi connectivity index (χ4n) is 2.35. The van der Waals surface area contributed by atoms with E-state index in [-0.39, 0.29) is 0 Å². The zero-order valence-electron chi connectivity index (χ0n) is 14.9. The first kappa shape index (κ1) is 18.9. The minimum Gasteiger partial charge on any atom is -0.260 e. The zero-order valence-corrected chi connectivity index (χ0v) is 16.4. The molecule has 0 spiro atoms. The van der Waals surface area contributed by atoms with E-state index < -0.39 is 0 Å². The third-order valence-electron chi connectivity index (χ3n) is 3.77. The molecule has 8 nitrogen and oxygen atoms in total. The van der Waals surface area contributed by atoms with E-state index in [1.165, 1.54) is 4.52 Å². The highest BCUT2D eigenvalue weighted by Crippen LogP contribution is 2.12. The molecule has 144 valence electrons. The Bertz CT molecular complexity index is 1170. The molecule has 0 atom stereocenters. The summed E-state index contributed by atoms with van der Waals surface area (Å²) in [4.78, 5) is 0. The summed E-state index contributed by atoms with van der Waals surface area (Å²) in [6, 6.07) is 18.1. The van der Waals surface area contributed by atoms with Crippen molar-refractivity contribution in [1.82, 2.24) is 19.8 Å². The van der Waals surface area contributed by atoms with E-state index in [1.54, 1.807) is 48.8 Å². The van der Waals surface area contributed by atoms with Crippen molar-refractivity contribution in [2.24, 2.45) is 10.2 Å². The van der Waals surface area contributed by atoms with Gasteiger partial charge in [-0.2, -0.15) is 14.7 Å². The van der Waals surface area contributed by atoms with Crippen LogP contribution >= 0.6 is 23.2 Å². The Hall–Kier alpha value is -3.49. The third kappa shape index (κ3) is 4.87. The quantitative estimate of drug-likeness (QED) is 0.355. The van der Waals surface area contributed by atoms with Gasteiger partial charge in [-0.3, -0.25) is 5.43 Å². The normalized spacial score (nSPS) is 11.5. The van der Waals surface area contributed by atoms with Crippen molar-refractivity contribution in [2.45, 2.75) is 0 Å². The Morgan fingerprint density at radius 3 is 1.93 bits per heavy atom. The Morgan fingerprint density at radius 1 is 0.724 bits per heavy atom. The number of benzene rings is 2. The van der Waals surface area contributed by atoms with Gasteiger partial charge in [-0.25, -0.2) is 5.43 Å². The molecule has 0 aliphatic carbocycles. The van der Waals surface area contributed by atoms with E-state index in [0.717, 1.165) is 11.1 Å². The highest BCUT2D eigenvalue weighted by Gasteiger charge is 2.06. The number of fused-ring (bicyclic) bond motifs is 1. The first-order valence-corrected chi connectivity index (χ1v) is 9.25. The molecule has 0 unspecified atom stereocenters. The third-order valence-corrected chi connectivity index (χ3v) is 4.28. The van der Waals surface area contributed by atoms with Crippen molar-refractivity contribution < 1.29 is 0 Å². The molecule has 4 rings (SSSR count). The number of hydrazone groups is 2. The standard InChI is InChI=1S/C19H14Cl2N8/c20-15-5-1-13(2-6-15)11-22-24-17-9-10-18-25-27-19(29(18)28-17)26-23-12-14-3-7-16(21)8-4-14/h1-12H,(H,24,28)(H,26,27)/b22-11+,23-12+. The second-order valence-electron chi connectivity index (χ2n) is 5.86. The van der Waals surface area contributed by atoms with Crippen molar-refractivity contribution in [3.63, 3.8) is 0 Å². The van der Waals surface area contributed by atoms with E-state index >= 15 is 0 Å². The molecule has 2 aromatic heterocycles. The molecule has 0 aliphatic heterocycles. The summed E-state index contributed by atoms with van der Waals surface area (Å²) < 4.78 is 1.53. The fourth-order valence-corrected chi connectivity index (χ4v) is 2.61. The van der Waals surface area contributed by atoms with Gasteiger partial charge < -0.3 is 0 Å². The van der Waals surface area contributed by atoms with Crippen molar-refractivity contribution >= 4 is 53.0 Å². The zero-order chi connectivity index (χ0) is 20.1. The van der Waals surface area contributed by atoms with E-state index in [4.69, 9.17) is 23.2 Å². The Balaban J connectivity index is 1.45. The lowest BCUT2D eigenvalue weighted by molar-refractivity contribution is 0.923. The van der Waals surface area contributed by atoms with Crippen LogP contribution in [-0.4, -0.2) is 32.2 Å². The van der Waals surface area contributed by atoms with E-state index in [0.29, 0.717) is 27.5 Å². The number of aromatic nitrogens is 4. The fraction of sp³-hybridized carbons (Fsp3) is 0. The van der Waals surface area contributed by atoms with Crippen molar-refractivity contribution in [2.75, 3.05) is 10.9 Å². The van der Waals surface area contributed by atoms with Crippen LogP contribution < -0.4 is 10.9 Å². The van der Waals surface area contributed by atoms with Gasteiger partial charge in [0, 0.05) is 10.0 Å². The molecule has 10 heteroatoms. The number of nitrogens with zero attached hydrogens (tertiary/aromatic N) is 6. The first-order valence-electron chi connectivity index (χ1n) is 8.49.